The smallest absolute Gasteiger partial charge is 0.322 e. The first kappa shape index (κ1) is 22.2. The van der Waals surface area contributed by atoms with Crippen molar-refractivity contribution in [2.24, 2.45) is 5.92 Å². The van der Waals surface area contributed by atoms with Gasteiger partial charge in [0.15, 0.2) is 0 Å². The SMILES string of the molecule is Cc1ccc(S(=O)(=O)N2CCC(C(=O)Nc3nnc(-c4cc(C)ccc4C)o3)CC2)cc1. The minimum atomic E-state index is -3.56. The summed E-state index contributed by atoms with van der Waals surface area (Å²) in [6, 6.07) is 12.8. The minimum absolute atomic E-state index is 0.0422. The van der Waals surface area contributed by atoms with Gasteiger partial charge in [-0.3, -0.25) is 10.1 Å². The summed E-state index contributed by atoms with van der Waals surface area (Å²) in [4.78, 5) is 13.0. The van der Waals surface area contributed by atoms with Crippen molar-refractivity contribution in [2.45, 2.75) is 38.5 Å². The molecule has 1 aromatic heterocycles. The predicted octanol–water partition coefficient (Wildman–Crippen LogP) is 3.70. The maximum absolute atomic E-state index is 12.8. The van der Waals surface area contributed by atoms with E-state index in [1.165, 1.54) is 4.31 Å². The summed E-state index contributed by atoms with van der Waals surface area (Å²) < 4.78 is 32.8. The first-order chi connectivity index (χ1) is 15.2. The Kier molecular flexibility index (Phi) is 6.12. The topological polar surface area (TPSA) is 105 Å². The second-order valence-corrected chi connectivity index (χ2v) is 10.1. The molecule has 168 valence electrons. The zero-order valence-electron chi connectivity index (χ0n) is 18.3. The van der Waals surface area contributed by atoms with Crippen LogP contribution in [-0.4, -0.2) is 41.9 Å². The van der Waals surface area contributed by atoms with Gasteiger partial charge in [0, 0.05) is 24.6 Å². The van der Waals surface area contributed by atoms with Crippen molar-refractivity contribution in [1.82, 2.24) is 14.5 Å². The van der Waals surface area contributed by atoms with E-state index in [-0.39, 0.29) is 35.8 Å². The molecule has 2 aromatic carbocycles. The van der Waals surface area contributed by atoms with Gasteiger partial charge in [0.1, 0.15) is 0 Å². The van der Waals surface area contributed by atoms with Gasteiger partial charge in [-0.1, -0.05) is 40.5 Å². The third-order valence-electron chi connectivity index (χ3n) is 5.76. The van der Waals surface area contributed by atoms with Crippen LogP contribution in [-0.2, 0) is 14.8 Å². The van der Waals surface area contributed by atoms with E-state index in [9.17, 15) is 13.2 Å². The normalized spacial score (nSPS) is 15.6. The average molecular weight is 455 g/mol. The second kappa shape index (κ2) is 8.84. The van der Waals surface area contributed by atoms with Crippen LogP contribution >= 0.6 is 0 Å². The maximum Gasteiger partial charge on any atom is 0.322 e. The number of anilines is 1. The molecule has 4 rings (SSSR count). The van der Waals surface area contributed by atoms with Crippen LogP contribution in [0.5, 0.6) is 0 Å². The number of aryl methyl sites for hydroxylation is 3. The van der Waals surface area contributed by atoms with Gasteiger partial charge in [-0.25, -0.2) is 8.42 Å². The van der Waals surface area contributed by atoms with E-state index in [0.29, 0.717) is 18.7 Å². The van der Waals surface area contributed by atoms with Crippen LogP contribution in [0.1, 0.15) is 29.5 Å². The molecule has 0 spiro atoms. The summed E-state index contributed by atoms with van der Waals surface area (Å²) in [5.41, 5.74) is 3.90. The van der Waals surface area contributed by atoms with E-state index in [0.717, 1.165) is 22.3 Å². The number of aromatic nitrogens is 2. The van der Waals surface area contributed by atoms with Crippen LogP contribution in [0.3, 0.4) is 0 Å². The predicted molar refractivity (Wildman–Crippen MR) is 120 cm³/mol. The number of amides is 1. The van der Waals surface area contributed by atoms with E-state index in [1.807, 2.05) is 39.0 Å². The third kappa shape index (κ3) is 4.58. The molecule has 1 aliphatic heterocycles. The second-order valence-electron chi connectivity index (χ2n) is 8.21. The first-order valence-electron chi connectivity index (χ1n) is 10.5. The van der Waals surface area contributed by atoms with E-state index in [1.54, 1.807) is 24.3 Å². The van der Waals surface area contributed by atoms with Crippen molar-refractivity contribution in [1.29, 1.82) is 0 Å². The highest BCUT2D eigenvalue weighted by atomic mass is 32.2. The molecular weight excluding hydrogens is 428 g/mol. The van der Waals surface area contributed by atoms with Gasteiger partial charge in [-0.2, -0.15) is 4.31 Å². The lowest BCUT2D eigenvalue weighted by molar-refractivity contribution is -0.121. The van der Waals surface area contributed by atoms with Gasteiger partial charge in [0.2, 0.25) is 21.8 Å². The highest BCUT2D eigenvalue weighted by Gasteiger charge is 2.32. The number of carbonyl (C=O) groups excluding carboxylic acids is 1. The Morgan fingerprint density at radius 3 is 2.34 bits per heavy atom. The van der Waals surface area contributed by atoms with Gasteiger partial charge >= 0.3 is 6.01 Å². The molecule has 1 amide bonds. The Balaban J connectivity index is 1.38. The number of sulfonamides is 1. The summed E-state index contributed by atoms with van der Waals surface area (Å²) in [5, 5.41) is 10.7. The van der Waals surface area contributed by atoms with Crippen LogP contribution in [0.2, 0.25) is 0 Å². The third-order valence-corrected chi connectivity index (χ3v) is 7.67. The highest BCUT2D eigenvalue weighted by Crippen LogP contribution is 2.27. The molecule has 8 nitrogen and oxygen atoms in total. The lowest BCUT2D eigenvalue weighted by Gasteiger charge is -2.30. The van der Waals surface area contributed by atoms with E-state index >= 15 is 0 Å². The molecule has 1 fully saturated rings. The number of hydrogen-bond acceptors (Lipinski definition) is 6. The summed E-state index contributed by atoms with van der Waals surface area (Å²) in [6.45, 7) is 6.41. The van der Waals surface area contributed by atoms with E-state index in [2.05, 4.69) is 15.5 Å². The lowest BCUT2D eigenvalue weighted by Crippen LogP contribution is -2.41. The summed E-state index contributed by atoms with van der Waals surface area (Å²) in [6.07, 6.45) is 0.851. The van der Waals surface area contributed by atoms with Crippen LogP contribution in [0, 0.1) is 26.7 Å². The van der Waals surface area contributed by atoms with Gasteiger partial charge in [-0.05, 0) is 57.4 Å². The number of carbonyl (C=O) groups is 1. The van der Waals surface area contributed by atoms with Gasteiger partial charge in [0.05, 0.1) is 4.90 Å². The Morgan fingerprint density at radius 1 is 1.00 bits per heavy atom. The quantitative estimate of drug-likeness (QED) is 0.630. The molecule has 0 unspecified atom stereocenters. The van der Waals surface area contributed by atoms with Gasteiger partial charge < -0.3 is 4.42 Å². The fourth-order valence-corrected chi connectivity index (χ4v) is 5.24. The number of piperidine rings is 1. The standard InChI is InChI=1S/C23H26N4O4S/c1-15-5-8-19(9-6-15)32(29,30)27-12-10-18(11-13-27)21(28)24-23-26-25-22(31-23)20-14-16(2)4-7-17(20)3/h4-9,14,18H,10-13H2,1-3H3,(H,24,26,28). The average Bonchev–Trinajstić information content (AvgIpc) is 3.24. The number of hydrogen-bond donors (Lipinski definition) is 1. The molecule has 0 aliphatic carbocycles. The molecule has 32 heavy (non-hydrogen) atoms. The zero-order valence-corrected chi connectivity index (χ0v) is 19.1. The molecule has 2 heterocycles. The summed E-state index contributed by atoms with van der Waals surface area (Å²) in [7, 11) is -3.56. The number of benzene rings is 2. The number of rotatable bonds is 5. The molecular formula is C23H26N4O4S. The number of nitrogens with zero attached hydrogens (tertiary/aromatic N) is 3. The molecule has 1 N–H and O–H groups in total. The monoisotopic (exact) mass is 454 g/mol. The Morgan fingerprint density at radius 2 is 1.66 bits per heavy atom. The molecule has 3 aromatic rings. The Labute approximate surface area is 187 Å². The van der Waals surface area contributed by atoms with Crippen molar-refractivity contribution in [2.75, 3.05) is 18.4 Å². The molecule has 1 aliphatic rings. The van der Waals surface area contributed by atoms with Gasteiger partial charge in [-0.15, -0.1) is 5.10 Å². The highest BCUT2D eigenvalue weighted by molar-refractivity contribution is 7.89. The molecule has 0 bridgehead atoms. The fourth-order valence-electron chi connectivity index (χ4n) is 3.77. The molecule has 9 heteroatoms. The van der Waals surface area contributed by atoms with Crippen molar-refractivity contribution in [3.05, 3.63) is 59.2 Å². The van der Waals surface area contributed by atoms with Crippen LogP contribution in [0.25, 0.3) is 11.5 Å². The Hall–Kier alpha value is -3.04. The summed E-state index contributed by atoms with van der Waals surface area (Å²) >= 11 is 0. The fraction of sp³-hybridized carbons (Fsp3) is 0.348. The van der Waals surface area contributed by atoms with Crippen molar-refractivity contribution >= 4 is 21.9 Å². The van der Waals surface area contributed by atoms with Crippen molar-refractivity contribution in [3.8, 4) is 11.5 Å². The first-order valence-corrected chi connectivity index (χ1v) is 12.0. The molecule has 0 saturated carbocycles. The van der Waals surface area contributed by atoms with E-state index in [4.69, 9.17) is 4.42 Å². The minimum Gasteiger partial charge on any atom is -0.403 e. The largest absolute Gasteiger partial charge is 0.403 e. The maximum atomic E-state index is 12.8. The van der Waals surface area contributed by atoms with Crippen LogP contribution in [0.15, 0.2) is 51.8 Å². The summed E-state index contributed by atoms with van der Waals surface area (Å²) in [5.74, 6) is -0.218. The van der Waals surface area contributed by atoms with Crippen molar-refractivity contribution < 1.29 is 17.6 Å². The zero-order chi connectivity index (χ0) is 22.9. The molecule has 0 atom stereocenters. The molecule has 0 radical (unpaired) electrons. The Bertz CT molecular complexity index is 1230. The number of nitrogens with one attached hydrogen (secondary N) is 1. The van der Waals surface area contributed by atoms with Gasteiger partial charge in [0.25, 0.3) is 0 Å². The molecule has 1 saturated heterocycles. The van der Waals surface area contributed by atoms with Crippen LogP contribution in [0.4, 0.5) is 6.01 Å². The van der Waals surface area contributed by atoms with Crippen LogP contribution < -0.4 is 5.32 Å². The van der Waals surface area contributed by atoms with Crippen molar-refractivity contribution in [3.63, 3.8) is 0 Å². The van der Waals surface area contributed by atoms with E-state index < -0.39 is 10.0 Å². The lowest BCUT2D eigenvalue weighted by atomic mass is 9.97.